The number of halogens is 1. The molecule has 0 heterocycles. The van der Waals surface area contributed by atoms with Gasteiger partial charge in [0.2, 0.25) is 0 Å². The number of benzene rings is 1. The van der Waals surface area contributed by atoms with Crippen LogP contribution in [-0.2, 0) is 4.79 Å². The van der Waals surface area contributed by atoms with E-state index >= 15 is 0 Å². The summed E-state index contributed by atoms with van der Waals surface area (Å²) in [5.74, 6) is -1.20. The Balaban J connectivity index is 2.46. The van der Waals surface area contributed by atoms with Crippen LogP contribution in [-0.4, -0.2) is 54.7 Å². The van der Waals surface area contributed by atoms with E-state index in [4.69, 9.17) is 9.84 Å². The van der Waals surface area contributed by atoms with E-state index in [1.54, 1.807) is 6.07 Å². The van der Waals surface area contributed by atoms with Crippen LogP contribution < -0.4 is 10.1 Å². The molecule has 0 aliphatic rings. The van der Waals surface area contributed by atoms with Crippen LogP contribution in [0, 0.1) is 0 Å². The molecule has 1 aromatic rings. The Morgan fingerprint density at radius 3 is 2.59 bits per heavy atom. The van der Waals surface area contributed by atoms with Crippen LogP contribution in [0.4, 0.5) is 0 Å². The predicted molar refractivity (Wildman–Crippen MR) is 87.4 cm³/mol. The third-order valence-corrected chi connectivity index (χ3v) is 3.67. The smallest absolute Gasteiger partial charge is 0.339 e. The maximum Gasteiger partial charge on any atom is 0.339 e. The molecule has 0 unspecified atom stereocenters. The molecule has 122 valence electrons. The van der Waals surface area contributed by atoms with Gasteiger partial charge >= 0.3 is 5.97 Å². The fourth-order valence-electron chi connectivity index (χ4n) is 1.88. The molecule has 0 saturated carbocycles. The van der Waals surface area contributed by atoms with Crippen molar-refractivity contribution in [2.75, 3.05) is 32.8 Å². The summed E-state index contributed by atoms with van der Waals surface area (Å²) in [6.07, 6.45) is 0. The Morgan fingerprint density at radius 2 is 2.00 bits per heavy atom. The molecule has 2 N–H and O–H groups in total. The first-order valence-corrected chi connectivity index (χ1v) is 7.91. The molecule has 1 amide bonds. The van der Waals surface area contributed by atoms with Crippen molar-refractivity contribution in [2.45, 2.75) is 13.8 Å². The van der Waals surface area contributed by atoms with Crippen molar-refractivity contribution in [3.63, 3.8) is 0 Å². The Labute approximate surface area is 138 Å². The van der Waals surface area contributed by atoms with Gasteiger partial charge in [0, 0.05) is 17.6 Å². The van der Waals surface area contributed by atoms with E-state index in [1.807, 2.05) is 0 Å². The average molecular weight is 373 g/mol. The van der Waals surface area contributed by atoms with Crippen LogP contribution in [0.5, 0.6) is 5.75 Å². The number of nitrogens with zero attached hydrogens (tertiary/aromatic N) is 1. The lowest BCUT2D eigenvalue weighted by atomic mass is 10.2. The summed E-state index contributed by atoms with van der Waals surface area (Å²) in [7, 11) is 0. The number of carboxylic acids is 1. The van der Waals surface area contributed by atoms with Gasteiger partial charge in [-0.2, -0.15) is 0 Å². The van der Waals surface area contributed by atoms with Crippen molar-refractivity contribution in [1.82, 2.24) is 10.2 Å². The van der Waals surface area contributed by atoms with Crippen molar-refractivity contribution in [1.29, 1.82) is 0 Å². The molecule has 0 spiro atoms. The second-order valence-corrected chi connectivity index (χ2v) is 5.53. The van der Waals surface area contributed by atoms with Crippen molar-refractivity contribution in [3.8, 4) is 5.75 Å². The zero-order valence-electron chi connectivity index (χ0n) is 12.8. The molecule has 22 heavy (non-hydrogen) atoms. The van der Waals surface area contributed by atoms with Gasteiger partial charge in [-0.15, -0.1) is 0 Å². The molecule has 0 saturated heterocycles. The first-order valence-electron chi connectivity index (χ1n) is 7.12. The molecule has 7 heteroatoms. The summed E-state index contributed by atoms with van der Waals surface area (Å²) < 4.78 is 5.94. The topological polar surface area (TPSA) is 78.9 Å². The summed E-state index contributed by atoms with van der Waals surface area (Å²) in [5.41, 5.74) is 0.0188. The van der Waals surface area contributed by atoms with Crippen LogP contribution in [0.2, 0.25) is 0 Å². The van der Waals surface area contributed by atoms with Gasteiger partial charge in [-0.05, 0) is 31.3 Å². The van der Waals surface area contributed by atoms with E-state index in [0.29, 0.717) is 11.0 Å². The third-order valence-electron chi connectivity index (χ3n) is 3.18. The van der Waals surface area contributed by atoms with Crippen LogP contribution in [0.15, 0.2) is 22.7 Å². The molecule has 0 radical (unpaired) electrons. The number of hydrogen-bond acceptors (Lipinski definition) is 4. The number of carbonyl (C=O) groups is 2. The average Bonchev–Trinajstić information content (AvgIpc) is 2.50. The van der Waals surface area contributed by atoms with Gasteiger partial charge in [0.1, 0.15) is 11.3 Å². The summed E-state index contributed by atoms with van der Waals surface area (Å²) in [6, 6.07) is 4.63. The number of hydrogen-bond donors (Lipinski definition) is 2. The predicted octanol–water partition coefficient (Wildman–Crippen LogP) is 1.98. The van der Waals surface area contributed by atoms with Crippen LogP contribution in [0.3, 0.4) is 0 Å². The minimum atomic E-state index is -1.10. The number of amides is 1. The van der Waals surface area contributed by atoms with Crippen molar-refractivity contribution in [3.05, 3.63) is 28.2 Å². The highest BCUT2D eigenvalue weighted by molar-refractivity contribution is 9.10. The summed E-state index contributed by atoms with van der Waals surface area (Å²) in [6.45, 7) is 7.10. The fraction of sp³-hybridized carbons (Fsp3) is 0.467. The maximum atomic E-state index is 11.7. The van der Waals surface area contributed by atoms with E-state index in [9.17, 15) is 9.59 Å². The van der Waals surface area contributed by atoms with E-state index in [1.165, 1.54) is 12.1 Å². The number of likely N-dealkylation sites (N-methyl/N-ethyl adjacent to an activating group) is 1. The van der Waals surface area contributed by atoms with Crippen molar-refractivity contribution in [2.24, 2.45) is 0 Å². The molecule has 1 rings (SSSR count). The molecule has 1 aromatic carbocycles. The Morgan fingerprint density at radius 1 is 1.32 bits per heavy atom. The minimum Gasteiger partial charge on any atom is -0.483 e. The molecular formula is C15H21BrN2O4. The first kappa shape index (κ1) is 18.4. The molecule has 6 nitrogen and oxygen atoms in total. The maximum absolute atomic E-state index is 11.7. The monoisotopic (exact) mass is 372 g/mol. The lowest BCUT2D eigenvalue weighted by Gasteiger charge is -2.18. The fourth-order valence-corrected chi connectivity index (χ4v) is 2.24. The second kappa shape index (κ2) is 9.42. The van der Waals surface area contributed by atoms with Crippen molar-refractivity contribution >= 4 is 27.8 Å². The Bertz CT molecular complexity index is 518. The van der Waals surface area contributed by atoms with Crippen LogP contribution in [0.1, 0.15) is 24.2 Å². The highest BCUT2D eigenvalue weighted by Gasteiger charge is 2.13. The number of aromatic carboxylic acids is 1. The number of carboxylic acid groups (broad SMARTS) is 1. The molecule has 0 atom stereocenters. The number of rotatable bonds is 9. The van der Waals surface area contributed by atoms with Gasteiger partial charge in [-0.3, -0.25) is 4.79 Å². The van der Waals surface area contributed by atoms with Gasteiger partial charge in [0.05, 0.1) is 0 Å². The zero-order valence-corrected chi connectivity index (χ0v) is 14.4. The van der Waals surface area contributed by atoms with Gasteiger partial charge in [0.15, 0.2) is 6.61 Å². The van der Waals surface area contributed by atoms with E-state index in [-0.39, 0.29) is 23.8 Å². The number of ether oxygens (including phenoxy) is 1. The molecule has 0 aliphatic heterocycles. The molecule has 0 bridgehead atoms. The molecule has 0 fully saturated rings. The highest BCUT2D eigenvalue weighted by Crippen LogP contribution is 2.23. The number of carbonyl (C=O) groups excluding carboxylic acids is 1. The van der Waals surface area contributed by atoms with Crippen LogP contribution >= 0.6 is 15.9 Å². The largest absolute Gasteiger partial charge is 0.483 e. The van der Waals surface area contributed by atoms with Crippen LogP contribution in [0.25, 0.3) is 0 Å². The third kappa shape index (κ3) is 6.03. The molecular weight excluding hydrogens is 352 g/mol. The normalized spacial score (nSPS) is 10.5. The standard InChI is InChI=1S/C15H21BrN2O4/c1-3-18(4-2)8-7-17-14(19)10-22-13-6-5-11(16)9-12(13)15(20)21/h5-6,9H,3-4,7-8,10H2,1-2H3,(H,17,19)(H,20,21). The Hall–Kier alpha value is -1.60. The molecule has 0 aromatic heterocycles. The minimum absolute atomic E-state index is 0.0188. The van der Waals surface area contributed by atoms with Gasteiger partial charge < -0.3 is 20.1 Å². The summed E-state index contributed by atoms with van der Waals surface area (Å²) in [5, 5.41) is 11.9. The van der Waals surface area contributed by atoms with Gasteiger partial charge in [-0.1, -0.05) is 29.8 Å². The number of nitrogens with one attached hydrogen (secondary N) is 1. The second-order valence-electron chi connectivity index (χ2n) is 4.61. The van der Waals surface area contributed by atoms with E-state index in [0.717, 1.165) is 19.6 Å². The van der Waals surface area contributed by atoms with Gasteiger partial charge in [-0.25, -0.2) is 4.79 Å². The Kier molecular flexibility index (Phi) is 7.90. The first-order chi connectivity index (χ1) is 10.5. The van der Waals surface area contributed by atoms with Crippen molar-refractivity contribution < 1.29 is 19.4 Å². The van der Waals surface area contributed by atoms with Gasteiger partial charge in [0.25, 0.3) is 5.91 Å². The quantitative estimate of drug-likeness (QED) is 0.692. The lowest BCUT2D eigenvalue weighted by Crippen LogP contribution is -2.36. The van der Waals surface area contributed by atoms with E-state index in [2.05, 4.69) is 40.0 Å². The summed E-state index contributed by atoms with van der Waals surface area (Å²) >= 11 is 3.20. The highest BCUT2D eigenvalue weighted by atomic mass is 79.9. The SMILES string of the molecule is CCN(CC)CCNC(=O)COc1ccc(Br)cc1C(=O)O. The van der Waals surface area contributed by atoms with E-state index < -0.39 is 5.97 Å². The molecule has 0 aliphatic carbocycles. The summed E-state index contributed by atoms with van der Waals surface area (Å²) in [4.78, 5) is 25.0. The zero-order chi connectivity index (χ0) is 16.5. The lowest BCUT2D eigenvalue weighted by molar-refractivity contribution is -0.123.